The first kappa shape index (κ1) is 24.2. The Morgan fingerprint density at radius 1 is 1.12 bits per heavy atom. The van der Waals surface area contributed by atoms with E-state index in [4.69, 9.17) is 16.3 Å². The minimum atomic E-state index is -0.351. The molecule has 0 aliphatic carbocycles. The first-order chi connectivity index (χ1) is 16.4. The number of nitrogens with zero attached hydrogens (tertiary/aromatic N) is 4. The van der Waals surface area contributed by atoms with E-state index in [-0.39, 0.29) is 24.1 Å². The van der Waals surface area contributed by atoms with Crippen molar-refractivity contribution in [3.05, 3.63) is 75.4 Å². The van der Waals surface area contributed by atoms with Gasteiger partial charge in [-0.2, -0.15) is 4.68 Å². The van der Waals surface area contributed by atoms with Crippen molar-refractivity contribution < 1.29 is 9.53 Å². The van der Waals surface area contributed by atoms with E-state index in [0.717, 1.165) is 39.3 Å². The quantitative estimate of drug-likeness (QED) is 0.532. The Labute approximate surface area is 204 Å². The summed E-state index contributed by atoms with van der Waals surface area (Å²) >= 11 is 6.17. The minimum absolute atomic E-state index is 0.00839. The monoisotopic (exact) mass is 483 g/mol. The Kier molecular flexibility index (Phi) is 7.82. The molecule has 0 saturated carbocycles. The highest BCUT2D eigenvalue weighted by molar-refractivity contribution is 6.30. The molecule has 1 saturated heterocycles. The molecule has 1 aliphatic heterocycles. The Morgan fingerprint density at radius 2 is 1.85 bits per heavy atom. The van der Waals surface area contributed by atoms with Crippen LogP contribution in [-0.2, 0) is 22.4 Å². The van der Waals surface area contributed by atoms with Gasteiger partial charge in [-0.1, -0.05) is 29.8 Å². The van der Waals surface area contributed by atoms with Crippen LogP contribution >= 0.6 is 11.6 Å². The van der Waals surface area contributed by atoms with Crippen LogP contribution in [0.15, 0.2) is 53.3 Å². The number of carbonyl (C=O) groups excluding carboxylic acids is 1. The zero-order valence-electron chi connectivity index (χ0n) is 19.5. The van der Waals surface area contributed by atoms with Crippen LogP contribution in [0, 0.1) is 0 Å². The van der Waals surface area contributed by atoms with Gasteiger partial charge in [-0.15, -0.1) is 5.10 Å². The molecular formula is C25H30ClN5O3. The first-order valence-electron chi connectivity index (χ1n) is 11.6. The van der Waals surface area contributed by atoms with Crippen molar-refractivity contribution in [1.29, 1.82) is 0 Å². The highest BCUT2D eigenvalue weighted by Gasteiger charge is 2.19. The third kappa shape index (κ3) is 5.94. The predicted molar refractivity (Wildman–Crippen MR) is 132 cm³/mol. The van der Waals surface area contributed by atoms with E-state index < -0.39 is 0 Å². The Bertz CT molecular complexity index is 1180. The maximum Gasteiger partial charge on any atom is 0.355 e. The molecule has 0 atom stereocenters. The van der Waals surface area contributed by atoms with Gasteiger partial charge in [0.2, 0.25) is 5.91 Å². The number of nitrogens with one attached hydrogen (secondary N) is 1. The topological polar surface area (TPSA) is 81.4 Å². The lowest BCUT2D eigenvalue weighted by Crippen LogP contribution is -2.37. The minimum Gasteiger partial charge on any atom is -0.379 e. The first-order valence-corrected chi connectivity index (χ1v) is 11.9. The summed E-state index contributed by atoms with van der Waals surface area (Å²) < 4.78 is 8.19. The summed E-state index contributed by atoms with van der Waals surface area (Å²) in [6.45, 7) is 8.25. The van der Waals surface area contributed by atoms with Crippen LogP contribution in [0.4, 0.5) is 0 Å². The average Bonchev–Trinajstić information content (AvgIpc) is 3.13. The number of carbonyl (C=O) groups is 1. The van der Waals surface area contributed by atoms with E-state index >= 15 is 0 Å². The van der Waals surface area contributed by atoms with Crippen molar-refractivity contribution in [3.8, 4) is 11.4 Å². The normalized spacial score (nSPS) is 14.5. The van der Waals surface area contributed by atoms with Crippen LogP contribution in [0.1, 0.15) is 25.2 Å². The van der Waals surface area contributed by atoms with Gasteiger partial charge in [0.1, 0.15) is 5.82 Å². The maximum atomic E-state index is 13.4. The van der Waals surface area contributed by atoms with Gasteiger partial charge in [0.25, 0.3) is 0 Å². The van der Waals surface area contributed by atoms with Gasteiger partial charge >= 0.3 is 5.69 Å². The molecular weight excluding hydrogens is 454 g/mol. The van der Waals surface area contributed by atoms with Crippen molar-refractivity contribution in [2.24, 2.45) is 0 Å². The molecule has 0 bridgehead atoms. The van der Waals surface area contributed by atoms with Gasteiger partial charge in [0, 0.05) is 30.7 Å². The molecule has 1 aliphatic rings. The van der Waals surface area contributed by atoms with E-state index in [0.29, 0.717) is 22.2 Å². The van der Waals surface area contributed by atoms with E-state index in [2.05, 4.69) is 15.3 Å². The van der Waals surface area contributed by atoms with E-state index in [1.54, 1.807) is 24.3 Å². The summed E-state index contributed by atoms with van der Waals surface area (Å²) in [5.74, 6) is 0.149. The van der Waals surface area contributed by atoms with Crippen molar-refractivity contribution in [3.63, 3.8) is 0 Å². The summed E-state index contributed by atoms with van der Waals surface area (Å²) in [4.78, 5) is 28.2. The van der Waals surface area contributed by atoms with E-state index in [9.17, 15) is 9.59 Å². The number of rotatable bonds is 8. The van der Waals surface area contributed by atoms with Gasteiger partial charge in [0.15, 0.2) is 0 Å². The molecule has 180 valence electrons. The van der Waals surface area contributed by atoms with Crippen LogP contribution in [0.3, 0.4) is 0 Å². The number of aromatic nitrogens is 3. The fraction of sp³-hybridized carbons (Fsp3) is 0.400. The highest BCUT2D eigenvalue weighted by Crippen LogP contribution is 2.16. The number of morpholine rings is 1. The molecule has 34 heavy (non-hydrogen) atoms. The molecule has 3 aromatic rings. The second kappa shape index (κ2) is 11.0. The summed E-state index contributed by atoms with van der Waals surface area (Å²) in [5, 5.41) is 7.88. The SMILES string of the molecule is CC(C)NC(=O)Cc1nn(-c2ccc(CCN3CCOCC3)cc2)c(=O)n1-c1cccc(Cl)c1. The van der Waals surface area contributed by atoms with Crippen LogP contribution in [0.2, 0.25) is 5.02 Å². The number of hydrogen-bond acceptors (Lipinski definition) is 5. The largest absolute Gasteiger partial charge is 0.379 e. The molecule has 4 rings (SSSR count). The van der Waals surface area contributed by atoms with Crippen LogP contribution in [0.5, 0.6) is 0 Å². The maximum absolute atomic E-state index is 13.4. The number of halogens is 1. The van der Waals surface area contributed by atoms with E-state index in [1.165, 1.54) is 14.8 Å². The Hall–Kier alpha value is -2.94. The smallest absolute Gasteiger partial charge is 0.355 e. The summed E-state index contributed by atoms with van der Waals surface area (Å²) in [7, 11) is 0. The molecule has 0 radical (unpaired) electrons. The molecule has 0 unspecified atom stereocenters. The molecule has 1 fully saturated rings. The predicted octanol–water partition coefficient (Wildman–Crippen LogP) is 2.62. The summed E-state index contributed by atoms with van der Waals surface area (Å²) in [6.07, 6.45) is 0.900. The standard InChI is InChI=1S/C25H30ClN5O3/c1-18(2)27-24(32)17-23-28-31(25(33)30(23)22-5-3-4-20(26)16-22)21-8-6-19(7-9-21)10-11-29-12-14-34-15-13-29/h3-9,16,18H,10-15,17H2,1-2H3,(H,27,32). The Morgan fingerprint density at radius 3 is 2.53 bits per heavy atom. The number of ether oxygens (including phenoxy) is 1. The molecule has 8 nitrogen and oxygen atoms in total. The third-order valence-electron chi connectivity index (χ3n) is 5.68. The lowest BCUT2D eigenvalue weighted by Gasteiger charge is -2.26. The van der Waals surface area contributed by atoms with Crippen molar-refractivity contribution in [2.75, 3.05) is 32.8 Å². The van der Waals surface area contributed by atoms with Gasteiger partial charge in [-0.25, -0.2) is 9.36 Å². The average molecular weight is 484 g/mol. The summed E-state index contributed by atoms with van der Waals surface area (Å²) in [5.41, 5.74) is 2.05. The molecule has 1 aromatic heterocycles. The lowest BCUT2D eigenvalue weighted by molar-refractivity contribution is -0.121. The van der Waals surface area contributed by atoms with Crippen molar-refractivity contribution in [2.45, 2.75) is 32.7 Å². The highest BCUT2D eigenvalue weighted by atomic mass is 35.5. The summed E-state index contributed by atoms with van der Waals surface area (Å²) in [6, 6.07) is 14.8. The van der Waals surface area contributed by atoms with Gasteiger partial charge < -0.3 is 10.1 Å². The fourth-order valence-corrected chi connectivity index (χ4v) is 4.18. The van der Waals surface area contributed by atoms with Crippen molar-refractivity contribution >= 4 is 17.5 Å². The van der Waals surface area contributed by atoms with E-state index in [1.807, 2.05) is 38.1 Å². The van der Waals surface area contributed by atoms with Crippen LogP contribution in [-0.4, -0.2) is 64.0 Å². The molecule has 2 aromatic carbocycles. The number of benzene rings is 2. The third-order valence-corrected chi connectivity index (χ3v) is 5.92. The molecule has 2 heterocycles. The molecule has 1 N–H and O–H groups in total. The lowest BCUT2D eigenvalue weighted by atomic mass is 10.1. The molecule has 1 amide bonds. The second-order valence-corrected chi connectivity index (χ2v) is 9.13. The number of amides is 1. The van der Waals surface area contributed by atoms with Gasteiger partial charge in [-0.3, -0.25) is 9.69 Å². The van der Waals surface area contributed by atoms with Crippen molar-refractivity contribution in [1.82, 2.24) is 24.6 Å². The van der Waals surface area contributed by atoms with Gasteiger partial charge in [0.05, 0.1) is 31.0 Å². The Balaban J connectivity index is 1.60. The van der Waals surface area contributed by atoms with Crippen LogP contribution < -0.4 is 11.0 Å². The molecule has 0 spiro atoms. The zero-order valence-corrected chi connectivity index (χ0v) is 20.3. The number of hydrogen-bond donors (Lipinski definition) is 1. The van der Waals surface area contributed by atoms with Crippen LogP contribution in [0.25, 0.3) is 11.4 Å². The molecule has 9 heteroatoms. The zero-order chi connectivity index (χ0) is 24.1. The fourth-order valence-electron chi connectivity index (χ4n) is 4.00. The van der Waals surface area contributed by atoms with Gasteiger partial charge in [-0.05, 0) is 56.2 Å². The second-order valence-electron chi connectivity index (χ2n) is 8.70.